The average molecular weight is 447 g/mol. The number of carbonyl (C=O) groups is 3. The molecule has 0 saturated carbocycles. The van der Waals surface area contributed by atoms with Crippen molar-refractivity contribution in [1.82, 2.24) is 5.32 Å². The van der Waals surface area contributed by atoms with Gasteiger partial charge in [-0.1, -0.05) is 78.9 Å². The third-order valence-corrected chi connectivity index (χ3v) is 5.42. The zero-order valence-corrected chi connectivity index (χ0v) is 18.2. The zero-order valence-electron chi connectivity index (χ0n) is 18.2. The van der Waals surface area contributed by atoms with Gasteiger partial charge in [-0.3, -0.25) is 4.79 Å². The number of amides is 1. The molecule has 0 radical (unpaired) electrons. The Hall–Kier alpha value is -4.13. The van der Waals surface area contributed by atoms with E-state index in [1.54, 1.807) is 0 Å². The van der Waals surface area contributed by atoms with Crippen LogP contribution in [0.4, 0.5) is 5.69 Å². The lowest BCUT2D eigenvalue weighted by Crippen LogP contribution is -2.41. The summed E-state index contributed by atoms with van der Waals surface area (Å²) in [7, 11) is 0. The minimum Gasteiger partial charge on any atom is -0.473 e. The molecule has 0 aliphatic carbocycles. The second-order valence-electron chi connectivity index (χ2n) is 7.74. The first-order valence-corrected chi connectivity index (χ1v) is 10.6. The average Bonchev–Trinajstić information content (AvgIpc) is 3.14. The van der Waals surface area contributed by atoms with Crippen LogP contribution in [0.2, 0.25) is 0 Å². The molecule has 3 N–H and O–H groups in total. The van der Waals surface area contributed by atoms with E-state index in [1.165, 1.54) is 11.3 Å². The number of carbonyl (C=O) groups excluding carboxylic acids is 1. The monoisotopic (exact) mass is 446 g/mol. The van der Waals surface area contributed by atoms with Gasteiger partial charge in [0.05, 0.1) is 12.6 Å². The van der Waals surface area contributed by atoms with Crippen LogP contribution in [-0.2, 0) is 20.8 Å². The van der Waals surface area contributed by atoms with Crippen LogP contribution < -0.4 is 10.2 Å². The molecule has 170 valence electrons. The summed E-state index contributed by atoms with van der Waals surface area (Å²) in [6.45, 7) is 2.55. The SMILES string of the molecule is CC1Cc2ccccc2N1CC(=O)NC(c1ccccc1)c1ccccc1.O=C(O)C(=O)O. The van der Waals surface area contributed by atoms with Crippen LogP contribution in [-0.4, -0.2) is 40.6 Å². The van der Waals surface area contributed by atoms with Crippen LogP contribution in [0.25, 0.3) is 0 Å². The van der Waals surface area contributed by atoms with Gasteiger partial charge >= 0.3 is 11.9 Å². The molecule has 0 spiro atoms. The molecule has 1 aliphatic rings. The number of hydrogen-bond donors (Lipinski definition) is 3. The van der Waals surface area contributed by atoms with E-state index in [9.17, 15) is 4.79 Å². The number of nitrogens with one attached hydrogen (secondary N) is 1. The molecule has 4 rings (SSSR count). The molecule has 0 fully saturated rings. The number of carboxylic acids is 2. The summed E-state index contributed by atoms with van der Waals surface area (Å²) in [5, 5.41) is 18.0. The lowest BCUT2D eigenvalue weighted by Gasteiger charge is -2.26. The lowest BCUT2D eigenvalue weighted by molar-refractivity contribution is -0.159. The first-order valence-electron chi connectivity index (χ1n) is 10.6. The summed E-state index contributed by atoms with van der Waals surface area (Å²) >= 11 is 0. The first-order chi connectivity index (χ1) is 15.9. The van der Waals surface area contributed by atoms with Crippen molar-refractivity contribution in [3.05, 3.63) is 102 Å². The van der Waals surface area contributed by atoms with Gasteiger partial charge in [-0.25, -0.2) is 9.59 Å². The lowest BCUT2D eigenvalue weighted by atomic mass is 9.98. The number of aliphatic carboxylic acids is 2. The van der Waals surface area contributed by atoms with Crippen LogP contribution in [0, 0.1) is 0 Å². The van der Waals surface area contributed by atoms with E-state index in [-0.39, 0.29) is 11.9 Å². The maximum absolute atomic E-state index is 13.0. The van der Waals surface area contributed by atoms with Crippen LogP contribution >= 0.6 is 0 Å². The van der Waals surface area contributed by atoms with Gasteiger partial charge in [0.15, 0.2) is 0 Å². The molecule has 1 heterocycles. The van der Waals surface area contributed by atoms with E-state index >= 15 is 0 Å². The van der Waals surface area contributed by atoms with Crippen molar-refractivity contribution >= 4 is 23.5 Å². The van der Waals surface area contributed by atoms with Crippen LogP contribution in [0.1, 0.15) is 29.7 Å². The van der Waals surface area contributed by atoms with Gasteiger partial charge in [0.2, 0.25) is 5.91 Å². The van der Waals surface area contributed by atoms with Gasteiger partial charge in [0.1, 0.15) is 0 Å². The number of fused-ring (bicyclic) bond motifs is 1. The maximum atomic E-state index is 13.0. The minimum absolute atomic E-state index is 0.0382. The van der Waals surface area contributed by atoms with Crippen molar-refractivity contribution in [3.63, 3.8) is 0 Å². The quantitative estimate of drug-likeness (QED) is 0.518. The summed E-state index contributed by atoms with van der Waals surface area (Å²) in [6.07, 6.45) is 0.990. The highest BCUT2D eigenvalue weighted by Gasteiger charge is 2.28. The highest BCUT2D eigenvalue weighted by Crippen LogP contribution is 2.31. The Morgan fingerprint density at radius 2 is 1.33 bits per heavy atom. The van der Waals surface area contributed by atoms with E-state index < -0.39 is 11.9 Å². The number of hydrogen-bond acceptors (Lipinski definition) is 4. The largest absolute Gasteiger partial charge is 0.473 e. The molecule has 1 atom stereocenters. The number of carboxylic acid groups (broad SMARTS) is 2. The molecule has 0 aromatic heterocycles. The third-order valence-electron chi connectivity index (χ3n) is 5.42. The minimum atomic E-state index is -1.82. The van der Waals surface area contributed by atoms with Crippen LogP contribution in [0.3, 0.4) is 0 Å². The van der Waals surface area contributed by atoms with Crippen molar-refractivity contribution in [3.8, 4) is 0 Å². The van der Waals surface area contributed by atoms with E-state index in [0.29, 0.717) is 12.6 Å². The summed E-state index contributed by atoms with van der Waals surface area (Å²) in [4.78, 5) is 33.4. The first kappa shape index (κ1) is 23.5. The standard InChI is InChI=1S/C24H24N2O.C2H2O4/c1-18-16-21-14-8-9-15-22(21)26(18)17-23(27)25-24(19-10-4-2-5-11-19)20-12-6-3-7-13-20;3-1(4)2(5)6/h2-15,18,24H,16-17H2,1H3,(H,25,27);(H,3,4)(H,5,6). The molecular formula is C26H26N2O5. The molecule has 7 heteroatoms. The highest BCUT2D eigenvalue weighted by molar-refractivity contribution is 6.27. The molecule has 0 bridgehead atoms. The van der Waals surface area contributed by atoms with E-state index in [4.69, 9.17) is 19.8 Å². The molecular weight excluding hydrogens is 420 g/mol. The molecule has 0 saturated heterocycles. The predicted molar refractivity (Wildman–Crippen MR) is 125 cm³/mol. The van der Waals surface area contributed by atoms with Gasteiger partial charge in [-0.05, 0) is 36.1 Å². The maximum Gasteiger partial charge on any atom is 0.414 e. The summed E-state index contributed by atoms with van der Waals surface area (Å²) in [6, 6.07) is 28.8. The van der Waals surface area contributed by atoms with Gasteiger partial charge < -0.3 is 20.4 Å². The Morgan fingerprint density at radius 1 is 0.848 bits per heavy atom. The Bertz CT molecular complexity index is 1050. The van der Waals surface area contributed by atoms with Gasteiger partial charge in [0.25, 0.3) is 0 Å². The Balaban J connectivity index is 0.000000454. The van der Waals surface area contributed by atoms with Crippen molar-refractivity contribution in [2.24, 2.45) is 0 Å². The zero-order chi connectivity index (χ0) is 23.8. The van der Waals surface area contributed by atoms with Crippen molar-refractivity contribution in [2.45, 2.75) is 25.4 Å². The summed E-state index contributed by atoms with van der Waals surface area (Å²) in [5.41, 5.74) is 4.68. The number of nitrogens with zero attached hydrogens (tertiary/aromatic N) is 1. The Morgan fingerprint density at radius 3 is 1.85 bits per heavy atom. The van der Waals surface area contributed by atoms with Gasteiger partial charge in [-0.15, -0.1) is 0 Å². The van der Waals surface area contributed by atoms with E-state index in [2.05, 4.69) is 59.6 Å². The molecule has 33 heavy (non-hydrogen) atoms. The fourth-order valence-corrected chi connectivity index (χ4v) is 3.88. The molecule has 7 nitrogen and oxygen atoms in total. The van der Waals surface area contributed by atoms with Crippen molar-refractivity contribution < 1.29 is 24.6 Å². The van der Waals surface area contributed by atoms with E-state index in [0.717, 1.165) is 17.5 Å². The van der Waals surface area contributed by atoms with Crippen molar-refractivity contribution in [2.75, 3.05) is 11.4 Å². The van der Waals surface area contributed by atoms with Crippen LogP contribution in [0.15, 0.2) is 84.9 Å². The number of para-hydroxylation sites is 1. The fourth-order valence-electron chi connectivity index (χ4n) is 3.88. The topological polar surface area (TPSA) is 107 Å². The highest BCUT2D eigenvalue weighted by atomic mass is 16.4. The normalized spacial score (nSPS) is 14.1. The Labute approximate surface area is 192 Å². The number of anilines is 1. The number of benzene rings is 3. The third kappa shape index (κ3) is 6.20. The summed E-state index contributed by atoms with van der Waals surface area (Å²) in [5.74, 6) is -3.61. The predicted octanol–water partition coefficient (Wildman–Crippen LogP) is 3.50. The fraction of sp³-hybridized carbons (Fsp3) is 0.192. The van der Waals surface area contributed by atoms with Gasteiger partial charge in [0, 0.05) is 11.7 Å². The number of rotatable bonds is 5. The Kier molecular flexibility index (Phi) is 7.81. The molecule has 1 aliphatic heterocycles. The molecule has 1 amide bonds. The summed E-state index contributed by atoms with van der Waals surface area (Å²) < 4.78 is 0. The second-order valence-corrected chi connectivity index (χ2v) is 7.74. The molecule has 1 unspecified atom stereocenters. The van der Waals surface area contributed by atoms with E-state index in [1.807, 2.05) is 42.5 Å². The van der Waals surface area contributed by atoms with Crippen molar-refractivity contribution in [1.29, 1.82) is 0 Å². The van der Waals surface area contributed by atoms with Crippen LogP contribution in [0.5, 0.6) is 0 Å². The molecule has 3 aromatic carbocycles. The second kappa shape index (κ2) is 10.9. The van der Waals surface area contributed by atoms with Gasteiger partial charge in [-0.2, -0.15) is 0 Å². The molecule has 3 aromatic rings. The smallest absolute Gasteiger partial charge is 0.414 e.